The van der Waals surface area contributed by atoms with Crippen LogP contribution in [0.5, 0.6) is 0 Å². The monoisotopic (exact) mass is 604 g/mol. The van der Waals surface area contributed by atoms with Gasteiger partial charge < -0.3 is 9.84 Å². The minimum absolute atomic E-state index is 0.0404. The van der Waals surface area contributed by atoms with Crippen molar-refractivity contribution in [1.82, 2.24) is 0 Å². The molecule has 0 heterocycles. The molecule has 0 aromatic heterocycles. The molecule has 4 aliphatic carbocycles. The number of rotatable bonds is 7. The van der Waals surface area contributed by atoms with Gasteiger partial charge in [-0.2, -0.15) is 13.2 Å². The number of aliphatic hydroxyl groups is 1. The number of halogens is 3. The maximum Gasteiger partial charge on any atom is 0.417 e. The van der Waals surface area contributed by atoms with E-state index >= 15 is 0 Å². The fraction of sp³-hybridized carbons (Fsp3) is 0.811. The van der Waals surface area contributed by atoms with Crippen LogP contribution in [0.15, 0.2) is 30.3 Å². The lowest BCUT2D eigenvalue weighted by Crippen LogP contribution is -2.59. The Morgan fingerprint density at radius 2 is 1.60 bits per heavy atom. The van der Waals surface area contributed by atoms with E-state index in [0.29, 0.717) is 41.6 Å². The van der Waals surface area contributed by atoms with Gasteiger partial charge in [0.1, 0.15) is 6.10 Å². The van der Waals surface area contributed by atoms with Gasteiger partial charge in [-0.15, -0.1) is 0 Å². The molecule has 0 saturated heterocycles. The fourth-order valence-corrected chi connectivity index (χ4v) is 10.7. The second-order valence-electron chi connectivity index (χ2n) is 16.7. The van der Waals surface area contributed by atoms with Gasteiger partial charge in [0.25, 0.3) is 0 Å². The largest absolute Gasteiger partial charge is 0.458 e. The van der Waals surface area contributed by atoms with Crippen LogP contribution in [0.25, 0.3) is 0 Å². The number of fused-ring (bicyclic) bond motifs is 5. The Labute approximate surface area is 257 Å². The molecule has 3 nitrogen and oxygen atoms in total. The first-order valence-corrected chi connectivity index (χ1v) is 17.0. The molecule has 0 aliphatic heterocycles. The lowest BCUT2D eigenvalue weighted by molar-refractivity contribution is -0.290. The number of carbonyl (C=O) groups excluding carboxylic acids is 1. The number of carbonyl (C=O) groups is 1. The summed E-state index contributed by atoms with van der Waals surface area (Å²) in [7, 11) is 0. The van der Waals surface area contributed by atoms with Gasteiger partial charge in [0.05, 0.1) is 5.56 Å². The van der Waals surface area contributed by atoms with Crippen LogP contribution in [0.1, 0.15) is 129 Å². The Hall–Kier alpha value is -1.56. The van der Waals surface area contributed by atoms with Crippen molar-refractivity contribution >= 4 is 5.97 Å². The zero-order valence-electron chi connectivity index (χ0n) is 27.3. The van der Waals surface area contributed by atoms with Gasteiger partial charge in [-0.05, 0) is 135 Å². The molecule has 0 amide bonds. The molecule has 4 fully saturated rings. The Morgan fingerprint density at radius 3 is 2.26 bits per heavy atom. The van der Waals surface area contributed by atoms with E-state index in [-0.39, 0.29) is 47.1 Å². The lowest BCUT2D eigenvalue weighted by Gasteiger charge is -2.62. The second kappa shape index (κ2) is 11.7. The third-order valence-corrected chi connectivity index (χ3v) is 13.4. The van der Waals surface area contributed by atoms with Gasteiger partial charge in [-0.3, -0.25) is 0 Å². The van der Waals surface area contributed by atoms with E-state index in [1.54, 1.807) is 12.1 Å². The lowest BCUT2D eigenvalue weighted by atomic mass is 9.43. The smallest absolute Gasteiger partial charge is 0.417 e. The summed E-state index contributed by atoms with van der Waals surface area (Å²) in [6.45, 7) is 13.6. The molecule has 1 aromatic rings. The van der Waals surface area contributed by atoms with Crippen molar-refractivity contribution in [2.75, 3.05) is 0 Å². The molecule has 10 atom stereocenters. The number of hydrogen-bond acceptors (Lipinski definition) is 3. The van der Waals surface area contributed by atoms with Gasteiger partial charge >= 0.3 is 12.1 Å². The predicted molar refractivity (Wildman–Crippen MR) is 164 cm³/mol. The van der Waals surface area contributed by atoms with Crippen molar-refractivity contribution in [3.8, 4) is 0 Å². The zero-order chi connectivity index (χ0) is 31.4. The van der Waals surface area contributed by atoms with Gasteiger partial charge in [-0.25, -0.2) is 4.79 Å². The van der Waals surface area contributed by atoms with E-state index in [9.17, 15) is 23.1 Å². The van der Waals surface area contributed by atoms with Crippen LogP contribution < -0.4 is 0 Å². The maximum absolute atomic E-state index is 13.7. The minimum Gasteiger partial charge on any atom is -0.458 e. The van der Waals surface area contributed by atoms with Gasteiger partial charge in [-0.1, -0.05) is 66.2 Å². The van der Waals surface area contributed by atoms with Crippen molar-refractivity contribution in [2.24, 2.45) is 51.8 Å². The molecule has 43 heavy (non-hydrogen) atoms. The summed E-state index contributed by atoms with van der Waals surface area (Å²) in [5.74, 6) is 2.67. The standard InChI is InChI=1S/C37H55F3O3/c1-24(11-10-14-31(33(2,3)4)43-32(41)25-12-8-7-9-13-25)28-17-18-29-27-16-15-26-23-36(42,37(38,39)40)22-21-34(26,5)30(27)19-20-35(28,29)6/h7-9,12-13,24,26-31,42H,10-11,14-23H2,1-6H3/t24-,26+,27+,28-,29+,30+,31+,34+,35-,36+/m1/s1. The summed E-state index contributed by atoms with van der Waals surface area (Å²) in [4.78, 5) is 12.8. The summed E-state index contributed by atoms with van der Waals surface area (Å²) in [5.41, 5.74) is -1.86. The number of esters is 1. The van der Waals surface area contributed by atoms with Crippen molar-refractivity contribution in [3.63, 3.8) is 0 Å². The third kappa shape index (κ3) is 6.04. The minimum atomic E-state index is -4.54. The van der Waals surface area contributed by atoms with Crippen LogP contribution in [0.2, 0.25) is 0 Å². The molecule has 1 N–H and O–H groups in total. The van der Waals surface area contributed by atoms with E-state index in [1.807, 2.05) is 18.2 Å². The molecule has 0 bridgehead atoms. The van der Waals surface area contributed by atoms with E-state index in [2.05, 4.69) is 41.5 Å². The first-order chi connectivity index (χ1) is 20.0. The van der Waals surface area contributed by atoms with Gasteiger partial charge in [0.15, 0.2) is 5.60 Å². The molecule has 0 unspecified atom stereocenters. The summed E-state index contributed by atoms with van der Waals surface area (Å²) in [6.07, 6.45) is 5.12. The Bertz CT molecular complexity index is 1130. The van der Waals surface area contributed by atoms with E-state index in [0.717, 1.165) is 38.5 Å². The van der Waals surface area contributed by atoms with Crippen molar-refractivity contribution < 1.29 is 27.8 Å². The third-order valence-electron chi connectivity index (χ3n) is 13.4. The highest BCUT2D eigenvalue weighted by atomic mass is 19.4. The first-order valence-electron chi connectivity index (χ1n) is 17.0. The molecule has 4 aliphatic rings. The zero-order valence-corrected chi connectivity index (χ0v) is 27.3. The quantitative estimate of drug-likeness (QED) is 0.315. The summed E-state index contributed by atoms with van der Waals surface area (Å²) in [5, 5.41) is 10.5. The van der Waals surface area contributed by atoms with Crippen LogP contribution >= 0.6 is 0 Å². The van der Waals surface area contributed by atoms with Gasteiger partial charge in [0, 0.05) is 0 Å². The van der Waals surface area contributed by atoms with Crippen LogP contribution in [-0.2, 0) is 4.74 Å². The fourth-order valence-electron chi connectivity index (χ4n) is 10.7. The van der Waals surface area contributed by atoms with E-state index < -0.39 is 11.8 Å². The molecule has 6 heteroatoms. The highest BCUT2D eigenvalue weighted by molar-refractivity contribution is 5.89. The Morgan fingerprint density at radius 1 is 0.930 bits per heavy atom. The summed E-state index contributed by atoms with van der Waals surface area (Å²) >= 11 is 0. The second-order valence-corrected chi connectivity index (χ2v) is 16.7. The molecule has 0 radical (unpaired) electrons. The van der Waals surface area contributed by atoms with Gasteiger partial charge in [0.2, 0.25) is 0 Å². The normalized spacial score (nSPS) is 39.3. The number of alkyl halides is 3. The molecule has 5 rings (SSSR count). The van der Waals surface area contributed by atoms with E-state index in [4.69, 9.17) is 4.74 Å². The van der Waals surface area contributed by atoms with Crippen LogP contribution in [-0.4, -0.2) is 29.0 Å². The average Bonchev–Trinajstić information content (AvgIpc) is 3.29. The van der Waals surface area contributed by atoms with Crippen molar-refractivity contribution in [3.05, 3.63) is 35.9 Å². The molecular formula is C37H55F3O3. The SMILES string of the molecule is C[C@H](CCC[C@H](OC(=O)c1ccccc1)C(C)(C)C)[C@H]1CC[C@H]2[C@@H]3CC[C@H]4C[C@](O)(C(F)(F)F)CC[C@]4(C)[C@H]3CC[C@]12C. The maximum atomic E-state index is 13.7. The number of benzene rings is 1. The Balaban J connectivity index is 1.20. The molecule has 242 valence electrons. The molecule has 4 saturated carbocycles. The first kappa shape index (κ1) is 32.8. The highest BCUT2D eigenvalue weighted by Crippen LogP contribution is 2.69. The highest BCUT2D eigenvalue weighted by Gasteiger charge is 2.65. The van der Waals surface area contributed by atoms with Crippen molar-refractivity contribution in [2.45, 2.75) is 136 Å². The molecular weight excluding hydrogens is 549 g/mol. The van der Waals surface area contributed by atoms with Crippen LogP contribution in [0.4, 0.5) is 13.2 Å². The molecule has 0 spiro atoms. The van der Waals surface area contributed by atoms with Crippen LogP contribution in [0, 0.1) is 51.8 Å². The topological polar surface area (TPSA) is 46.5 Å². The summed E-state index contributed by atoms with van der Waals surface area (Å²) < 4.78 is 47.2. The summed E-state index contributed by atoms with van der Waals surface area (Å²) in [6, 6.07) is 9.24. The number of hydrogen-bond donors (Lipinski definition) is 1. The average molecular weight is 605 g/mol. The Kier molecular flexibility index (Phi) is 8.90. The van der Waals surface area contributed by atoms with Crippen molar-refractivity contribution in [1.29, 1.82) is 0 Å². The van der Waals surface area contributed by atoms with Crippen LogP contribution in [0.3, 0.4) is 0 Å². The van der Waals surface area contributed by atoms with E-state index in [1.165, 1.54) is 19.3 Å². The predicted octanol–water partition coefficient (Wildman–Crippen LogP) is 10.0. The number of ether oxygens (including phenoxy) is 1. The molecule has 1 aromatic carbocycles.